The number of benzene rings is 1. The van der Waals surface area contributed by atoms with Crippen LogP contribution in [0.4, 0.5) is 0 Å². The molecule has 4 heteroatoms. The predicted molar refractivity (Wildman–Crippen MR) is 154 cm³/mol. The number of hydrogen-bond donors (Lipinski definition) is 0. The summed E-state index contributed by atoms with van der Waals surface area (Å²) in [5, 5.41) is 0. The smallest absolute Gasteiger partial charge is 0.147 e. The lowest BCUT2D eigenvalue weighted by Crippen LogP contribution is -2.03. The molecule has 0 spiro atoms. The zero-order valence-corrected chi connectivity index (χ0v) is 22.7. The Morgan fingerprint density at radius 1 is 0.973 bits per heavy atom. The molecule has 4 nitrogen and oxygen atoms in total. The number of ether oxygens (including phenoxy) is 1. The summed E-state index contributed by atoms with van der Waals surface area (Å²) in [6.45, 7) is 2.87. The Morgan fingerprint density at radius 3 is 2.51 bits per heavy atom. The van der Waals surface area contributed by atoms with E-state index < -0.39 is 0 Å². The van der Waals surface area contributed by atoms with Crippen LogP contribution in [0.1, 0.15) is 92.4 Å². The van der Waals surface area contributed by atoms with Gasteiger partial charge >= 0.3 is 0 Å². The topological polar surface area (TPSA) is 31.4 Å². The van der Waals surface area contributed by atoms with Gasteiger partial charge in [-0.2, -0.15) is 0 Å². The number of aliphatic imine (C=N–C) groups is 1. The summed E-state index contributed by atoms with van der Waals surface area (Å²) in [7, 11) is 4.31. The van der Waals surface area contributed by atoms with Crippen molar-refractivity contribution >= 4 is 11.8 Å². The van der Waals surface area contributed by atoms with Crippen LogP contribution in [0.15, 0.2) is 77.3 Å². The largest absolute Gasteiger partial charge is 0.487 e. The lowest BCUT2D eigenvalue weighted by molar-refractivity contribution is 0.208. The molecule has 5 rings (SSSR count). The molecule has 37 heavy (non-hydrogen) atoms. The van der Waals surface area contributed by atoms with Crippen LogP contribution >= 0.6 is 0 Å². The maximum atomic E-state index is 6.41. The summed E-state index contributed by atoms with van der Waals surface area (Å²) in [5.74, 6) is 1.43. The van der Waals surface area contributed by atoms with Gasteiger partial charge in [0.05, 0.1) is 11.4 Å². The van der Waals surface area contributed by atoms with E-state index in [1.807, 2.05) is 6.07 Å². The average Bonchev–Trinajstić information content (AvgIpc) is 3.60. The van der Waals surface area contributed by atoms with Gasteiger partial charge in [-0.3, -0.25) is 0 Å². The van der Waals surface area contributed by atoms with Crippen LogP contribution in [0.2, 0.25) is 0 Å². The third-order valence-electron chi connectivity index (χ3n) is 8.06. The van der Waals surface area contributed by atoms with E-state index >= 15 is 0 Å². The van der Waals surface area contributed by atoms with Crippen molar-refractivity contribution in [3.05, 3.63) is 100 Å². The Hall–Kier alpha value is -3.27. The molecule has 0 saturated carbocycles. The normalized spacial score (nSPS) is 19.8. The second-order valence-corrected chi connectivity index (χ2v) is 10.6. The Labute approximate surface area is 222 Å². The lowest BCUT2D eigenvalue weighted by atomic mass is 9.89. The van der Waals surface area contributed by atoms with Crippen LogP contribution in [0, 0.1) is 0 Å². The first-order valence-electron chi connectivity index (χ1n) is 14.1. The van der Waals surface area contributed by atoms with Crippen LogP contribution in [-0.4, -0.2) is 14.8 Å². The fraction of sp³-hybridized carbons (Fsp3) is 0.424. The van der Waals surface area contributed by atoms with E-state index in [1.165, 1.54) is 68.3 Å². The minimum absolute atomic E-state index is 0.531. The van der Waals surface area contributed by atoms with E-state index in [1.54, 1.807) is 0 Å². The van der Waals surface area contributed by atoms with Crippen molar-refractivity contribution in [3.63, 3.8) is 0 Å². The molecule has 1 aliphatic carbocycles. The third kappa shape index (κ3) is 5.84. The van der Waals surface area contributed by atoms with E-state index in [4.69, 9.17) is 9.73 Å². The maximum absolute atomic E-state index is 6.41. The molecular weight excluding hydrogens is 454 g/mol. The number of aryl methyl sites for hydroxylation is 2. The summed E-state index contributed by atoms with van der Waals surface area (Å²) in [6.07, 6.45) is 18.1. The van der Waals surface area contributed by atoms with Crippen LogP contribution in [0.25, 0.3) is 6.08 Å². The van der Waals surface area contributed by atoms with Gasteiger partial charge in [0.15, 0.2) is 0 Å². The number of aromatic nitrogens is 2. The molecule has 0 saturated heterocycles. The monoisotopic (exact) mass is 495 g/mol. The second kappa shape index (κ2) is 11.9. The van der Waals surface area contributed by atoms with Crippen molar-refractivity contribution < 1.29 is 4.74 Å². The number of rotatable bonds is 6. The van der Waals surface area contributed by atoms with Crippen molar-refractivity contribution in [3.8, 4) is 0 Å². The molecule has 0 N–H and O–H groups in total. The molecule has 1 aliphatic heterocycles. The highest BCUT2D eigenvalue weighted by atomic mass is 16.5. The summed E-state index contributed by atoms with van der Waals surface area (Å²) in [5.41, 5.74) is 8.35. The maximum Gasteiger partial charge on any atom is 0.147 e. The molecule has 2 aliphatic rings. The van der Waals surface area contributed by atoms with Gasteiger partial charge in [0.1, 0.15) is 18.1 Å². The molecule has 1 unspecified atom stereocenters. The van der Waals surface area contributed by atoms with Crippen molar-refractivity contribution in [2.75, 3.05) is 0 Å². The van der Waals surface area contributed by atoms with Crippen LogP contribution < -0.4 is 0 Å². The first-order valence-corrected chi connectivity index (χ1v) is 14.1. The molecule has 3 aromatic rings. The minimum Gasteiger partial charge on any atom is -0.487 e. The van der Waals surface area contributed by atoms with Gasteiger partial charge in [0.25, 0.3) is 0 Å². The molecule has 0 amide bonds. The van der Waals surface area contributed by atoms with Crippen molar-refractivity contribution in [2.24, 2.45) is 19.1 Å². The van der Waals surface area contributed by atoms with Gasteiger partial charge in [0, 0.05) is 37.8 Å². The SMILES string of the molecule is CCC1CCCCCCCCc2cc1c(/C=C1\N=C(c3cccn3C)C=C1OCc1ccccc1)n2C. The lowest BCUT2D eigenvalue weighted by Gasteiger charge is -2.16. The fourth-order valence-electron chi connectivity index (χ4n) is 5.79. The zero-order chi connectivity index (χ0) is 25.6. The summed E-state index contributed by atoms with van der Waals surface area (Å²) in [4.78, 5) is 5.12. The Bertz CT molecular complexity index is 1290. The van der Waals surface area contributed by atoms with Gasteiger partial charge in [0.2, 0.25) is 0 Å². The van der Waals surface area contributed by atoms with E-state index in [-0.39, 0.29) is 0 Å². The van der Waals surface area contributed by atoms with Gasteiger partial charge < -0.3 is 13.9 Å². The Kier molecular flexibility index (Phi) is 8.13. The van der Waals surface area contributed by atoms with Gasteiger partial charge in [-0.15, -0.1) is 0 Å². The van der Waals surface area contributed by atoms with E-state index in [2.05, 4.69) is 91.0 Å². The highest BCUT2D eigenvalue weighted by Crippen LogP contribution is 2.35. The molecule has 1 atom stereocenters. The minimum atomic E-state index is 0.531. The van der Waals surface area contributed by atoms with Crippen LogP contribution in [-0.2, 0) is 31.9 Å². The second-order valence-electron chi connectivity index (χ2n) is 10.6. The van der Waals surface area contributed by atoms with Crippen LogP contribution in [0.3, 0.4) is 0 Å². The quantitative estimate of drug-likeness (QED) is 0.340. The van der Waals surface area contributed by atoms with Crippen molar-refractivity contribution in [1.82, 2.24) is 9.13 Å². The van der Waals surface area contributed by atoms with Gasteiger partial charge in [-0.05, 0) is 67.0 Å². The molecule has 1 aromatic carbocycles. The highest BCUT2D eigenvalue weighted by molar-refractivity contribution is 6.11. The van der Waals surface area contributed by atoms with Gasteiger partial charge in [-0.1, -0.05) is 69.4 Å². The molecule has 2 bridgehead atoms. The van der Waals surface area contributed by atoms with E-state index in [9.17, 15) is 0 Å². The van der Waals surface area contributed by atoms with Crippen molar-refractivity contribution in [1.29, 1.82) is 0 Å². The van der Waals surface area contributed by atoms with Crippen LogP contribution in [0.5, 0.6) is 0 Å². The highest BCUT2D eigenvalue weighted by Gasteiger charge is 2.23. The Morgan fingerprint density at radius 2 is 1.76 bits per heavy atom. The first kappa shape index (κ1) is 25.4. The molecular formula is C33H41N3O. The number of allylic oxidation sites excluding steroid dienone is 1. The molecule has 194 valence electrons. The number of fused-ring (bicyclic) bond motifs is 2. The standard InChI is InChI=1S/C33H41N3O/c1-4-26-17-12-7-5-6-8-13-18-27-21-28(26)32(36(27)3)22-30-33(37-24-25-15-10-9-11-16-25)23-29(34-30)31-19-14-20-35(31)2/h9-11,14-16,19-23,26H,4-8,12-13,17-18,24H2,1-3H3/b30-22-. The first-order chi connectivity index (χ1) is 18.1. The predicted octanol–water partition coefficient (Wildman–Crippen LogP) is 8.09. The van der Waals surface area contributed by atoms with Crippen molar-refractivity contribution in [2.45, 2.75) is 77.2 Å². The zero-order valence-electron chi connectivity index (χ0n) is 22.7. The number of hydrogen-bond acceptors (Lipinski definition) is 2. The summed E-state index contributed by atoms with van der Waals surface area (Å²) in [6, 6.07) is 17.1. The molecule has 0 radical (unpaired) electrons. The fourth-order valence-corrected chi connectivity index (χ4v) is 5.79. The molecule has 3 heterocycles. The Balaban J connectivity index is 1.53. The van der Waals surface area contributed by atoms with Gasteiger partial charge in [-0.25, -0.2) is 4.99 Å². The summed E-state index contributed by atoms with van der Waals surface area (Å²) >= 11 is 0. The molecule has 2 aromatic heterocycles. The van der Waals surface area contributed by atoms with E-state index in [0.717, 1.165) is 34.8 Å². The summed E-state index contributed by atoms with van der Waals surface area (Å²) < 4.78 is 11.0. The molecule has 0 fully saturated rings. The number of nitrogens with zero attached hydrogens (tertiary/aromatic N) is 3. The third-order valence-corrected chi connectivity index (χ3v) is 8.06. The average molecular weight is 496 g/mol. The van der Waals surface area contributed by atoms with E-state index in [0.29, 0.717) is 12.5 Å².